The van der Waals surface area contributed by atoms with Gasteiger partial charge in [0.1, 0.15) is 35.3 Å². The molecule has 0 bridgehead atoms. The van der Waals surface area contributed by atoms with Gasteiger partial charge < -0.3 is 24.8 Å². The summed E-state index contributed by atoms with van der Waals surface area (Å²) in [5.74, 6) is -2.22. The molecule has 4 saturated carbocycles. The number of carbonyl (C=O) groups is 4. The first-order valence-corrected chi connectivity index (χ1v) is 21.7. The van der Waals surface area contributed by atoms with Crippen molar-refractivity contribution in [2.45, 2.75) is 119 Å². The topological polar surface area (TPSA) is 185 Å². The van der Waals surface area contributed by atoms with Gasteiger partial charge in [-0.3, -0.25) is 24.0 Å². The van der Waals surface area contributed by atoms with Crippen molar-refractivity contribution in [2.75, 3.05) is 13.7 Å². The number of hydrogen-bond acceptors (Lipinski definition) is 9. The number of carbonyl (C=O) groups excluding carboxylic acids is 3. The largest absolute Gasteiger partial charge is 0.496 e. The Balaban J connectivity index is 1.16. The second-order valence-corrected chi connectivity index (χ2v) is 20.0. The molecule has 4 amide bonds. The minimum Gasteiger partial charge on any atom is -0.496 e. The van der Waals surface area contributed by atoms with Gasteiger partial charge in [-0.05, 0) is 101 Å². The van der Waals surface area contributed by atoms with Crippen LogP contribution in [0.1, 0.15) is 85.0 Å². The molecule has 8 rings (SSSR count). The molecule has 1 aromatic heterocycles. The SMILES string of the molecule is COc1cc(F)cc2c(O[C@@H]3C[C@H]4C(=O)N[C@]5(C(=O)NS(=O)(=O)C6(C)CC6)C[C@H]5/C=C\CC[C@H](C)C[C@@H](C)[C@H](N(C(=O)O)[C@H]5CC6C[C@H]6C5)C(=O)N4C3)nccc12. The summed E-state index contributed by atoms with van der Waals surface area (Å²) in [6.45, 7) is 5.42. The number of allylic oxidation sites excluding steroid dienone is 1. The smallest absolute Gasteiger partial charge is 0.408 e. The highest BCUT2D eigenvalue weighted by Gasteiger charge is 2.63. The van der Waals surface area contributed by atoms with E-state index in [0.29, 0.717) is 61.1 Å². The van der Waals surface area contributed by atoms with Gasteiger partial charge in [0.05, 0.1) is 23.8 Å². The summed E-state index contributed by atoms with van der Waals surface area (Å²) >= 11 is 0. The number of rotatable bonds is 8. The van der Waals surface area contributed by atoms with Crippen LogP contribution < -0.4 is 19.5 Å². The van der Waals surface area contributed by atoms with Crippen molar-refractivity contribution in [3.8, 4) is 11.6 Å². The molecular weight excluding hydrogens is 758 g/mol. The van der Waals surface area contributed by atoms with Gasteiger partial charge in [0.2, 0.25) is 27.7 Å². The average Bonchev–Trinajstić information content (AvgIpc) is 4.11. The Hall–Kier alpha value is -4.47. The summed E-state index contributed by atoms with van der Waals surface area (Å²) in [6.07, 6.45) is 8.52. The highest BCUT2D eigenvalue weighted by molar-refractivity contribution is 7.91. The van der Waals surface area contributed by atoms with Crippen molar-refractivity contribution in [3.63, 3.8) is 0 Å². The van der Waals surface area contributed by atoms with Gasteiger partial charge in [-0.1, -0.05) is 26.0 Å². The quantitative estimate of drug-likeness (QED) is 0.314. The lowest BCUT2D eigenvalue weighted by atomic mass is 9.86. The molecule has 0 radical (unpaired) electrons. The van der Waals surface area contributed by atoms with Crippen LogP contribution in [0.15, 0.2) is 36.5 Å². The molecular formula is C41H52FN5O9S. The number of carboxylic acid groups (broad SMARTS) is 1. The van der Waals surface area contributed by atoms with Gasteiger partial charge in [0.25, 0.3) is 5.91 Å². The number of hydrogen-bond donors (Lipinski definition) is 3. The molecule has 1 aromatic carbocycles. The van der Waals surface area contributed by atoms with Gasteiger partial charge in [0, 0.05) is 36.0 Å². The first-order valence-electron chi connectivity index (χ1n) is 20.2. The van der Waals surface area contributed by atoms with Crippen LogP contribution in [0, 0.1) is 35.4 Å². The first-order chi connectivity index (χ1) is 27.0. The van der Waals surface area contributed by atoms with Crippen molar-refractivity contribution >= 4 is 44.6 Å². The fourth-order valence-corrected chi connectivity index (χ4v) is 11.1. The Morgan fingerprint density at radius 3 is 2.51 bits per heavy atom. The third-order valence-electron chi connectivity index (χ3n) is 13.6. The number of halogens is 1. The Labute approximate surface area is 331 Å². The number of aromatic nitrogens is 1. The number of sulfonamides is 1. The highest BCUT2D eigenvalue weighted by Crippen LogP contribution is 2.54. The number of benzene rings is 1. The molecule has 1 unspecified atom stereocenters. The second-order valence-electron chi connectivity index (χ2n) is 17.8. The van der Waals surface area contributed by atoms with Crippen LogP contribution in [0.2, 0.25) is 0 Å². The van der Waals surface area contributed by atoms with Gasteiger partial charge in [-0.2, -0.15) is 0 Å². The van der Waals surface area contributed by atoms with E-state index in [2.05, 4.69) is 21.9 Å². The predicted molar refractivity (Wildman–Crippen MR) is 206 cm³/mol. The summed E-state index contributed by atoms with van der Waals surface area (Å²) < 4.78 is 54.2. The average molecular weight is 810 g/mol. The van der Waals surface area contributed by atoms with E-state index in [1.807, 2.05) is 19.1 Å². The zero-order valence-electron chi connectivity index (χ0n) is 32.8. The lowest BCUT2D eigenvalue weighted by Gasteiger charge is -2.40. The minimum atomic E-state index is -4.04. The lowest BCUT2D eigenvalue weighted by molar-refractivity contribution is -0.145. The van der Waals surface area contributed by atoms with Crippen molar-refractivity contribution in [1.29, 1.82) is 0 Å². The Morgan fingerprint density at radius 1 is 1.09 bits per heavy atom. The Bertz CT molecular complexity index is 2120. The van der Waals surface area contributed by atoms with Crippen LogP contribution in [-0.4, -0.2) is 100 Å². The van der Waals surface area contributed by atoms with E-state index in [1.54, 1.807) is 13.0 Å². The molecule has 2 aliphatic heterocycles. The molecule has 4 aliphatic carbocycles. The molecule has 10 atom stereocenters. The molecule has 57 heavy (non-hydrogen) atoms. The maximum Gasteiger partial charge on any atom is 0.408 e. The van der Waals surface area contributed by atoms with E-state index < -0.39 is 80.0 Å². The third-order valence-corrected chi connectivity index (χ3v) is 15.8. The lowest BCUT2D eigenvalue weighted by Crippen LogP contribution is -2.61. The maximum atomic E-state index is 15.2. The van der Waals surface area contributed by atoms with Crippen LogP contribution in [0.5, 0.6) is 11.6 Å². The zero-order chi connectivity index (χ0) is 40.6. The van der Waals surface area contributed by atoms with E-state index in [9.17, 15) is 32.3 Å². The first kappa shape index (κ1) is 39.4. The zero-order valence-corrected chi connectivity index (χ0v) is 33.6. The minimum absolute atomic E-state index is 0.0593. The van der Waals surface area contributed by atoms with Crippen molar-refractivity contribution in [1.82, 2.24) is 24.8 Å². The van der Waals surface area contributed by atoms with E-state index in [-0.39, 0.29) is 43.0 Å². The summed E-state index contributed by atoms with van der Waals surface area (Å²) in [5.41, 5.74) is -1.58. The van der Waals surface area contributed by atoms with Gasteiger partial charge in [-0.25, -0.2) is 22.6 Å². The summed E-state index contributed by atoms with van der Waals surface area (Å²) in [6, 6.07) is 1.50. The number of pyridine rings is 1. The molecule has 14 nitrogen and oxygen atoms in total. The van der Waals surface area contributed by atoms with Crippen molar-refractivity contribution < 1.29 is 46.6 Å². The van der Waals surface area contributed by atoms with E-state index in [0.717, 1.165) is 12.8 Å². The standard InChI is InChI=1S/C41H52FN5O9S/c1-22-7-5-6-8-26-20-41(26,38(50)45-57(53,54)40(3)10-11-40)44-35(48)32-19-29(56-36-31-17-27(42)18-33(55-4)30(31)9-12-43-36)21-46(32)37(49)34(23(2)13-22)47(39(51)52)28-15-24-14-25(24)16-28/h6,8-9,12,17-18,22-26,28-29,32,34H,5,7,10-11,13-16,19-21H2,1-4H3,(H,44,48)(H,45,50)(H,51,52)/b8-6-/t22-,23+,24-,25?,26+,28+,29+,32-,34-,41+/m0/s1. The van der Waals surface area contributed by atoms with Gasteiger partial charge in [-0.15, -0.1) is 0 Å². The van der Waals surface area contributed by atoms with Crippen molar-refractivity contribution in [3.05, 3.63) is 42.4 Å². The second kappa shape index (κ2) is 14.4. The van der Waals surface area contributed by atoms with Gasteiger partial charge >= 0.3 is 6.09 Å². The molecule has 5 fully saturated rings. The Morgan fingerprint density at radius 2 is 1.82 bits per heavy atom. The van der Waals surface area contributed by atoms with Crippen LogP contribution >= 0.6 is 0 Å². The van der Waals surface area contributed by atoms with E-state index >= 15 is 4.79 Å². The Kier molecular flexibility index (Phi) is 9.96. The molecule has 308 valence electrons. The predicted octanol–water partition coefficient (Wildman–Crippen LogP) is 4.76. The number of methoxy groups -OCH3 is 1. The molecule has 2 aromatic rings. The number of nitrogens with one attached hydrogen (secondary N) is 2. The number of fused-ring (bicyclic) bond motifs is 4. The monoisotopic (exact) mass is 809 g/mol. The molecule has 16 heteroatoms. The summed E-state index contributed by atoms with van der Waals surface area (Å²) in [7, 11) is -2.62. The fraction of sp³-hybridized carbons (Fsp3) is 0.634. The maximum absolute atomic E-state index is 15.2. The van der Waals surface area contributed by atoms with Crippen LogP contribution in [-0.2, 0) is 24.4 Å². The molecule has 1 saturated heterocycles. The normalized spacial score (nSPS) is 35.0. The van der Waals surface area contributed by atoms with Gasteiger partial charge in [0.15, 0.2) is 0 Å². The summed E-state index contributed by atoms with van der Waals surface area (Å²) in [4.78, 5) is 64.1. The number of amides is 4. The van der Waals surface area contributed by atoms with Crippen LogP contribution in [0.3, 0.4) is 0 Å². The van der Waals surface area contributed by atoms with E-state index in [1.165, 1.54) is 35.2 Å². The van der Waals surface area contributed by atoms with Crippen LogP contribution in [0.25, 0.3) is 10.8 Å². The molecule has 3 heterocycles. The third kappa shape index (κ3) is 7.31. The summed E-state index contributed by atoms with van der Waals surface area (Å²) in [5, 5.41) is 14.5. The fourth-order valence-electron chi connectivity index (χ4n) is 9.79. The number of nitrogens with zero attached hydrogens (tertiary/aromatic N) is 3. The molecule has 6 aliphatic rings. The molecule has 3 N–H and O–H groups in total. The van der Waals surface area contributed by atoms with Crippen molar-refractivity contribution in [2.24, 2.45) is 29.6 Å². The van der Waals surface area contributed by atoms with E-state index in [4.69, 9.17) is 9.47 Å². The highest BCUT2D eigenvalue weighted by atomic mass is 32.2. The molecule has 0 spiro atoms. The van der Waals surface area contributed by atoms with Crippen LogP contribution in [0.4, 0.5) is 9.18 Å². The number of ether oxygens (including phenoxy) is 2.